The minimum absolute atomic E-state index is 0.252. The molecule has 1 aliphatic rings. The Morgan fingerprint density at radius 1 is 1.19 bits per heavy atom. The van der Waals surface area contributed by atoms with Gasteiger partial charge in [0.1, 0.15) is 0 Å². The zero-order chi connectivity index (χ0) is 15.1. The summed E-state index contributed by atoms with van der Waals surface area (Å²) in [5.74, 6) is 0.801. The van der Waals surface area contributed by atoms with E-state index in [9.17, 15) is 5.11 Å². The second-order valence-corrected chi connectivity index (χ2v) is 6.65. The van der Waals surface area contributed by atoms with E-state index in [1.54, 1.807) is 0 Å². The molecule has 1 atom stereocenters. The maximum absolute atomic E-state index is 10.0. The smallest absolute Gasteiger partial charge is 0.0791 e. The molecule has 2 rings (SSSR count). The summed E-state index contributed by atoms with van der Waals surface area (Å²) >= 11 is 0. The van der Waals surface area contributed by atoms with Crippen LogP contribution in [0.2, 0.25) is 0 Å². The summed E-state index contributed by atoms with van der Waals surface area (Å²) in [5, 5.41) is 13.3. The molecular formula is C18H30N2O. The van der Waals surface area contributed by atoms with Crippen LogP contribution in [0.4, 0.5) is 0 Å². The van der Waals surface area contributed by atoms with E-state index in [0.717, 1.165) is 25.6 Å². The third-order valence-electron chi connectivity index (χ3n) is 4.31. The summed E-state index contributed by atoms with van der Waals surface area (Å²) in [5.41, 5.74) is 1.46. The molecule has 118 valence electrons. The molecule has 3 heteroatoms. The van der Waals surface area contributed by atoms with E-state index in [4.69, 9.17) is 0 Å². The van der Waals surface area contributed by atoms with E-state index >= 15 is 0 Å². The highest BCUT2D eigenvalue weighted by Crippen LogP contribution is 2.21. The van der Waals surface area contributed by atoms with Crippen molar-refractivity contribution in [1.29, 1.82) is 0 Å². The fourth-order valence-electron chi connectivity index (χ4n) is 3.05. The maximum Gasteiger partial charge on any atom is 0.0791 e. The topological polar surface area (TPSA) is 35.5 Å². The number of piperidine rings is 1. The standard InChI is InChI=1S/C18H30N2O/c1-15(2)19-13-18(21)14-20-10-8-17(9-11-20)12-16-6-4-3-5-7-16/h3-7,15,17-19,21H,8-14H2,1-2H3. The second kappa shape index (κ2) is 8.52. The number of nitrogens with zero attached hydrogens (tertiary/aromatic N) is 1. The number of benzene rings is 1. The predicted molar refractivity (Wildman–Crippen MR) is 88.5 cm³/mol. The summed E-state index contributed by atoms with van der Waals surface area (Å²) in [7, 11) is 0. The fourth-order valence-corrected chi connectivity index (χ4v) is 3.05. The molecule has 0 spiro atoms. The van der Waals surface area contributed by atoms with E-state index in [-0.39, 0.29) is 6.10 Å². The molecule has 21 heavy (non-hydrogen) atoms. The summed E-state index contributed by atoms with van der Waals surface area (Å²) < 4.78 is 0. The number of hydrogen-bond donors (Lipinski definition) is 2. The molecule has 1 heterocycles. The Bertz CT molecular complexity index is 385. The molecule has 0 amide bonds. The van der Waals surface area contributed by atoms with Gasteiger partial charge in [-0.05, 0) is 43.8 Å². The van der Waals surface area contributed by atoms with Gasteiger partial charge in [0.25, 0.3) is 0 Å². The molecule has 0 bridgehead atoms. The van der Waals surface area contributed by atoms with Gasteiger partial charge in [0.05, 0.1) is 6.10 Å². The van der Waals surface area contributed by atoms with Gasteiger partial charge in [-0.25, -0.2) is 0 Å². The number of β-amino-alcohol motifs (C(OH)–C–C–N with tert-alkyl or cyclic N) is 1. The number of aliphatic hydroxyl groups excluding tert-OH is 1. The van der Waals surface area contributed by atoms with Gasteiger partial charge in [-0.1, -0.05) is 44.2 Å². The highest BCUT2D eigenvalue weighted by Gasteiger charge is 2.21. The van der Waals surface area contributed by atoms with Gasteiger partial charge in [-0.2, -0.15) is 0 Å². The van der Waals surface area contributed by atoms with Gasteiger partial charge in [0.15, 0.2) is 0 Å². The van der Waals surface area contributed by atoms with Gasteiger partial charge in [0, 0.05) is 19.1 Å². The molecule has 3 nitrogen and oxygen atoms in total. The minimum atomic E-state index is -0.252. The molecule has 0 saturated carbocycles. The number of rotatable bonds is 7. The van der Waals surface area contributed by atoms with E-state index in [0.29, 0.717) is 12.6 Å². The second-order valence-electron chi connectivity index (χ2n) is 6.65. The van der Waals surface area contributed by atoms with Crippen LogP contribution in [0.1, 0.15) is 32.3 Å². The molecule has 1 unspecified atom stereocenters. The third kappa shape index (κ3) is 6.16. The lowest BCUT2D eigenvalue weighted by atomic mass is 9.90. The van der Waals surface area contributed by atoms with Crippen molar-refractivity contribution in [3.8, 4) is 0 Å². The summed E-state index contributed by atoms with van der Waals surface area (Å²) in [6.07, 6.45) is 3.45. The summed E-state index contributed by atoms with van der Waals surface area (Å²) in [6, 6.07) is 11.2. The number of nitrogens with one attached hydrogen (secondary N) is 1. The monoisotopic (exact) mass is 290 g/mol. The Labute approximate surface area is 129 Å². The van der Waals surface area contributed by atoms with E-state index in [1.165, 1.54) is 24.8 Å². The molecule has 0 aromatic heterocycles. The number of hydrogen-bond acceptors (Lipinski definition) is 3. The number of likely N-dealkylation sites (tertiary alicyclic amines) is 1. The molecule has 0 aliphatic carbocycles. The predicted octanol–water partition coefficient (Wildman–Crippen LogP) is 2.30. The molecule has 1 aliphatic heterocycles. The van der Waals surface area contributed by atoms with Crippen LogP contribution in [0, 0.1) is 5.92 Å². The first-order valence-electron chi connectivity index (χ1n) is 8.31. The summed E-state index contributed by atoms with van der Waals surface area (Å²) in [6.45, 7) is 7.97. The SMILES string of the molecule is CC(C)NCC(O)CN1CCC(Cc2ccccc2)CC1. The van der Waals surface area contributed by atoms with E-state index in [2.05, 4.69) is 54.4 Å². The zero-order valence-electron chi connectivity index (χ0n) is 13.5. The first-order chi connectivity index (χ1) is 10.1. The lowest BCUT2D eigenvalue weighted by molar-refractivity contribution is 0.0874. The van der Waals surface area contributed by atoms with Gasteiger partial charge in [0.2, 0.25) is 0 Å². The van der Waals surface area contributed by atoms with Gasteiger partial charge < -0.3 is 15.3 Å². The minimum Gasteiger partial charge on any atom is -0.390 e. The molecule has 1 saturated heterocycles. The van der Waals surface area contributed by atoms with Gasteiger partial charge in [-0.15, -0.1) is 0 Å². The van der Waals surface area contributed by atoms with Crippen molar-refractivity contribution in [2.24, 2.45) is 5.92 Å². The first kappa shape index (κ1) is 16.5. The van der Waals surface area contributed by atoms with Crippen LogP contribution in [-0.4, -0.2) is 48.3 Å². The van der Waals surface area contributed by atoms with Crippen LogP contribution in [0.5, 0.6) is 0 Å². The lowest BCUT2D eigenvalue weighted by Gasteiger charge is -2.33. The normalized spacial score (nSPS) is 19.0. The average Bonchev–Trinajstić information content (AvgIpc) is 2.48. The Morgan fingerprint density at radius 3 is 2.48 bits per heavy atom. The van der Waals surface area contributed by atoms with Crippen molar-refractivity contribution in [2.45, 2.75) is 45.3 Å². The van der Waals surface area contributed by atoms with Crippen LogP contribution >= 0.6 is 0 Å². The molecule has 2 N–H and O–H groups in total. The van der Waals surface area contributed by atoms with Crippen molar-refractivity contribution in [3.63, 3.8) is 0 Å². The Balaban J connectivity index is 1.66. The van der Waals surface area contributed by atoms with Gasteiger partial charge in [-0.3, -0.25) is 0 Å². The molecule has 1 aromatic rings. The molecule has 1 aromatic carbocycles. The van der Waals surface area contributed by atoms with Crippen molar-refractivity contribution in [2.75, 3.05) is 26.2 Å². The molecular weight excluding hydrogens is 260 g/mol. The Hall–Kier alpha value is -0.900. The van der Waals surface area contributed by atoms with Crippen molar-refractivity contribution in [1.82, 2.24) is 10.2 Å². The maximum atomic E-state index is 10.0. The van der Waals surface area contributed by atoms with Crippen molar-refractivity contribution < 1.29 is 5.11 Å². The number of aliphatic hydroxyl groups is 1. The lowest BCUT2D eigenvalue weighted by Crippen LogP contribution is -2.43. The largest absolute Gasteiger partial charge is 0.390 e. The fraction of sp³-hybridized carbons (Fsp3) is 0.667. The third-order valence-corrected chi connectivity index (χ3v) is 4.31. The van der Waals surface area contributed by atoms with Crippen LogP contribution in [0.15, 0.2) is 30.3 Å². The van der Waals surface area contributed by atoms with Crippen molar-refractivity contribution >= 4 is 0 Å². The Kier molecular flexibility index (Phi) is 6.68. The van der Waals surface area contributed by atoms with Crippen LogP contribution in [0.25, 0.3) is 0 Å². The van der Waals surface area contributed by atoms with Crippen LogP contribution in [-0.2, 0) is 6.42 Å². The van der Waals surface area contributed by atoms with Crippen LogP contribution in [0.3, 0.4) is 0 Å². The van der Waals surface area contributed by atoms with E-state index < -0.39 is 0 Å². The van der Waals surface area contributed by atoms with E-state index in [1.807, 2.05) is 0 Å². The first-order valence-corrected chi connectivity index (χ1v) is 8.31. The van der Waals surface area contributed by atoms with Crippen molar-refractivity contribution in [3.05, 3.63) is 35.9 Å². The zero-order valence-corrected chi connectivity index (χ0v) is 13.5. The highest BCUT2D eigenvalue weighted by molar-refractivity contribution is 5.15. The molecule has 0 radical (unpaired) electrons. The highest BCUT2D eigenvalue weighted by atomic mass is 16.3. The molecule has 1 fully saturated rings. The van der Waals surface area contributed by atoms with Crippen LogP contribution < -0.4 is 5.32 Å². The quantitative estimate of drug-likeness (QED) is 0.809. The Morgan fingerprint density at radius 2 is 1.86 bits per heavy atom. The average molecular weight is 290 g/mol. The van der Waals surface area contributed by atoms with Gasteiger partial charge >= 0.3 is 0 Å². The summed E-state index contributed by atoms with van der Waals surface area (Å²) in [4.78, 5) is 2.41.